The number of halogens is 1. The van der Waals surface area contributed by atoms with Crippen LogP contribution in [-0.2, 0) is 9.53 Å². The van der Waals surface area contributed by atoms with Crippen LogP contribution in [0.4, 0.5) is 4.39 Å². The van der Waals surface area contributed by atoms with E-state index in [1.807, 2.05) is 30.3 Å². The molecule has 0 bridgehead atoms. The van der Waals surface area contributed by atoms with Crippen LogP contribution in [0.1, 0.15) is 49.3 Å². The second kappa shape index (κ2) is 9.48. The molecule has 0 heterocycles. The van der Waals surface area contributed by atoms with Gasteiger partial charge in [-0.1, -0.05) is 42.5 Å². The van der Waals surface area contributed by atoms with Gasteiger partial charge in [-0.2, -0.15) is 0 Å². The van der Waals surface area contributed by atoms with Crippen molar-refractivity contribution in [1.82, 2.24) is 5.32 Å². The van der Waals surface area contributed by atoms with Crippen LogP contribution in [0.25, 0.3) is 10.8 Å². The van der Waals surface area contributed by atoms with Crippen LogP contribution >= 0.6 is 0 Å². The highest BCUT2D eigenvalue weighted by atomic mass is 19.1. The molecule has 5 heteroatoms. The Balaban J connectivity index is 1.37. The third-order valence-electron chi connectivity index (χ3n) is 6.22. The minimum Gasteiger partial charge on any atom is -0.482 e. The molecule has 0 spiro atoms. The number of hydrogen-bond donors (Lipinski definition) is 1. The van der Waals surface area contributed by atoms with E-state index < -0.39 is 5.97 Å². The van der Waals surface area contributed by atoms with Crippen LogP contribution in [-0.4, -0.2) is 25.7 Å². The van der Waals surface area contributed by atoms with Crippen molar-refractivity contribution >= 4 is 16.7 Å². The van der Waals surface area contributed by atoms with Crippen LogP contribution in [0.5, 0.6) is 5.75 Å². The molecule has 1 N–H and O–H groups in total. The largest absolute Gasteiger partial charge is 0.482 e. The molecule has 1 saturated carbocycles. The van der Waals surface area contributed by atoms with Gasteiger partial charge >= 0.3 is 5.97 Å². The number of methoxy groups -OCH3 is 1. The van der Waals surface area contributed by atoms with E-state index in [2.05, 4.69) is 35.2 Å². The maximum Gasteiger partial charge on any atom is 0.343 e. The lowest BCUT2D eigenvalue weighted by molar-refractivity contribution is -0.142. The predicted molar refractivity (Wildman–Crippen MR) is 120 cm³/mol. The average molecular weight is 422 g/mol. The number of esters is 1. The van der Waals surface area contributed by atoms with E-state index in [0.29, 0.717) is 23.1 Å². The summed E-state index contributed by atoms with van der Waals surface area (Å²) in [6.45, 7) is 2.07. The molecule has 0 saturated heterocycles. The summed E-state index contributed by atoms with van der Waals surface area (Å²) in [5.74, 6) is 0.589. The Morgan fingerprint density at radius 2 is 1.81 bits per heavy atom. The summed E-state index contributed by atoms with van der Waals surface area (Å²) in [7, 11) is 1.35. The first-order valence-corrected chi connectivity index (χ1v) is 10.8. The molecule has 162 valence electrons. The number of hydrogen-bond acceptors (Lipinski definition) is 4. The number of nitrogens with one attached hydrogen (secondary N) is 1. The Kier molecular flexibility index (Phi) is 6.52. The van der Waals surface area contributed by atoms with Gasteiger partial charge in [-0.05, 0) is 66.8 Å². The molecule has 0 radical (unpaired) electrons. The molecule has 4 nitrogen and oxygen atoms in total. The number of benzene rings is 3. The van der Waals surface area contributed by atoms with Gasteiger partial charge in [0.05, 0.1) is 7.11 Å². The summed E-state index contributed by atoms with van der Waals surface area (Å²) in [6, 6.07) is 19.7. The van der Waals surface area contributed by atoms with E-state index in [9.17, 15) is 9.18 Å². The molecular weight excluding hydrogens is 393 g/mol. The first kappa shape index (κ1) is 21.3. The standard InChI is InChI=1S/C26H28FNO3/c1-17(22-5-3-7-24-23(22)6-4-8-25(24)27)28-20-12-9-19(15-20)18-10-13-21(14-11-18)31-16-26(29)30-2/h3-8,10-11,13-14,17,19-20,28H,9,12,15-16H2,1-2H3/t17-,19-,20?/m1/s1. The van der Waals surface area contributed by atoms with Gasteiger partial charge in [-0.15, -0.1) is 0 Å². The molecule has 1 unspecified atom stereocenters. The first-order valence-electron chi connectivity index (χ1n) is 10.8. The third-order valence-corrected chi connectivity index (χ3v) is 6.22. The maximum atomic E-state index is 14.2. The fraction of sp³-hybridized carbons (Fsp3) is 0.346. The lowest BCUT2D eigenvalue weighted by Gasteiger charge is -2.22. The van der Waals surface area contributed by atoms with Crippen LogP contribution < -0.4 is 10.1 Å². The van der Waals surface area contributed by atoms with Gasteiger partial charge < -0.3 is 14.8 Å². The highest BCUT2D eigenvalue weighted by Crippen LogP contribution is 2.36. The van der Waals surface area contributed by atoms with Crippen molar-refractivity contribution in [2.75, 3.05) is 13.7 Å². The number of rotatable bonds is 7. The summed E-state index contributed by atoms with van der Waals surface area (Å²) in [4.78, 5) is 11.2. The monoisotopic (exact) mass is 421 g/mol. The van der Waals surface area contributed by atoms with E-state index in [1.54, 1.807) is 6.07 Å². The first-order chi connectivity index (χ1) is 15.0. The molecule has 4 rings (SSSR count). The van der Waals surface area contributed by atoms with Gasteiger partial charge in [0.15, 0.2) is 6.61 Å². The van der Waals surface area contributed by atoms with Crippen molar-refractivity contribution in [3.63, 3.8) is 0 Å². The maximum absolute atomic E-state index is 14.2. The highest BCUT2D eigenvalue weighted by Gasteiger charge is 2.27. The summed E-state index contributed by atoms with van der Waals surface area (Å²) in [5, 5.41) is 5.40. The summed E-state index contributed by atoms with van der Waals surface area (Å²) >= 11 is 0. The summed E-state index contributed by atoms with van der Waals surface area (Å²) in [6.07, 6.45) is 3.29. The molecule has 3 aromatic rings. The van der Waals surface area contributed by atoms with Crippen molar-refractivity contribution in [2.24, 2.45) is 0 Å². The van der Waals surface area contributed by atoms with E-state index in [4.69, 9.17) is 4.74 Å². The van der Waals surface area contributed by atoms with Crippen molar-refractivity contribution in [2.45, 2.75) is 44.2 Å². The molecule has 0 amide bonds. The molecule has 31 heavy (non-hydrogen) atoms. The van der Waals surface area contributed by atoms with Crippen LogP contribution in [0.15, 0.2) is 60.7 Å². The van der Waals surface area contributed by atoms with Gasteiger partial charge in [-0.3, -0.25) is 0 Å². The van der Waals surface area contributed by atoms with Crippen molar-refractivity contribution in [3.05, 3.63) is 77.6 Å². The zero-order valence-corrected chi connectivity index (χ0v) is 17.9. The van der Waals surface area contributed by atoms with Crippen LogP contribution in [0, 0.1) is 5.82 Å². The zero-order valence-electron chi connectivity index (χ0n) is 17.9. The second-order valence-corrected chi connectivity index (χ2v) is 8.21. The molecule has 0 aliphatic heterocycles. The number of carbonyl (C=O) groups is 1. The smallest absolute Gasteiger partial charge is 0.343 e. The summed E-state index contributed by atoms with van der Waals surface area (Å²) in [5.41, 5.74) is 2.42. The number of carbonyl (C=O) groups excluding carboxylic acids is 1. The van der Waals surface area contributed by atoms with Crippen LogP contribution in [0.2, 0.25) is 0 Å². The molecule has 1 aliphatic rings. The average Bonchev–Trinajstić information content (AvgIpc) is 3.26. The molecule has 0 aromatic heterocycles. The minimum absolute atomic E-state index is 0.0821. The Labute approximate surface area is 182 Å². The van der Waals surface area contributed by atoms with E-state index in [1.165, 1.54) is 18.7 Å². The van der Waals surface area contributed by atoms with Gasteiger partial charge in [0.1, 0.15) is 11.6 Å². The number of fused-ring (bicyclic) bond motifs is 1. The fourth-order valence-electron chi connectivity index (χ4n) is 4.59. The van der Waals surface area contributed by atoms with E-state index in [-0.39, 0.29) is 18.5 Å². The molecular formula is C26H28FNO3. The molecule has 3 atom stereocenters. The van der Waals surface area contributed by atoms with Gasteiger partial charge in [0.25, 0.3) is 0 Å². The summed E-state index contributed by atoms with van der Waals surface area (Å²) < 4.78 is 24.2. The van der Waals surface area contributed by atoms with E-state index >= 15 is 0 Å². The zero-order chi connectivity index (χ0) is 21.8. The van der Waals surface area contributed by atoms with Crippen molar-refractivity contribution in [1.29, 1.82) is 0 Å². The molecule has 3 aromatic carbocycles. The SMILES string of the molecule is COC(=O)COc1ccc([C@@H]2CCC(N[C@H](C)c3cccc4c(F)cccc34)C2)cc1. The Morgan fingerprint density at radius 3 is 2.58 bits per heavy atom. The van der Waals surface area contributed by atoms with Crippen molar-refractivity contribution in [3.8, 4) is 5.75 Å². The lowest BCUT2D eigenvalue weighted by Crippen LogP contribution is -2.29. The second-order valence-electron chi connectivity index (χ2n) is 8.21. The highest BCUT2D eigenvalue weighted by molar-refractivity contribution is 5.86. The molecule has 1 fully saturated rings. The van der Waals surface area contributed by atoms with Gasteiger partial charge in [0.2, 0.25) is 0 Å². The Hall–Kier alpha value is -2.92. The quantitative estimate of drug-likeness (QED) is 0.511. The predicted octanol–water partition coefficient (Wildman–Crippen LogP) is 5.52. The topological polar surface area (TPSA) is 47.6 Å². The Bertz CT molecular complexity index is 1050. The third kappa shape index (κ3) is 4.88. The Morgan fingerprint density at radius 1 is 1.06 bits per heavy atom. The van der Waals surface area contributed by atoms with E-state index in [0.717, 1.165) is 30.2 Å². The fourth-order valence-corrected chi connectivity index (χ4v) is 4.59. The number of ether oxygens (including phenoxy) is 2. The van der Waals surface area contributed by atoms with Gasteiger partial charge in [0, 0.05) is 17.5 Å². The normalized spacial score (nSPS) is 19.3. The molecule has 1 aliphatic carbocycles. The van der Waals surface area contributed by atoms with Crippen LogP contribution in [0.3, 0.4) is 0 Å². The lowest BCUT2D eigenvalue weighted by atomic mass is 9.96. The van der Waals surface area contributed by atoms with Gasteiger partial charge in [-0.25, -0.2) is 9.18 Å². The van der Waals surface area contributed by atoms with Crippen molar-refractivity contribution < 1.29 is 18.7 Å². The minimum atomic E-state index is -0.392.